The summed E-state index contributed by atoms with van der Waals surface area (Å²) in [5, 5.41) is 9.38. The van der Waals surface area contributed by atoms with Gasteiger partial charge >= 0.3 is 0 Å². The fraction of sp³-hybridized carbons (Fsp3) is 0.179. The smallest absolute Gasteiger partial charge is 0.205 e. The Morgan fingerprint density at radius 1 is 0.857 bits per heavy atom. The second-order valence-corrected chi connectivity index (χ2v) is 9.50. The first-order valence-corrected chi connectivity index (χ1v) is 12.4. The molecule has 0 radical (unpaired) electrons. The minimum Gasteiger partial charge on any atom is -0.461 e. The van der Waals surface area contributed by atoms with E-state index >= 15 is 0 Å². The number of ketones is 1. The van der Waals surface area contributed by atoms with E-state index in [4.69, 9.17) is 4.42 Å². The standard InChI is InChI=1S/C28H26N4O2S/c1-18-12-13-23(15-19(18)2)31-20(3)16-24(21(31)4)25(33)17-35-28-30-29-27(26-11-8-14-34-26)32(28)22-9-6-5-7-10-22/h5-16H,17H2,1-4H3. The van der Waals surface area contributed by atoms with Crippen molar-refractivity contribution in [3.05, 3.63) is 101 Å². The molecule has 0 fully saturated rings. The maximum Gasteiger partial charge on any atom is 0.205 e. The van der Waals surface area contributed by atoms with Gasteiger partial charge < -0.3 is 8.98 Å². The summed E-state index contributed by atoms with van der Waals surface area (Å²) in [6.07, 6.45) is 1.61. The first-order chi connectivity index (χ1) is 16.9. The van der Waals surface area contributed by atoms with Crippen LogP contribution in [0.15, 0.2) is 82.6 Å². The molecule has 0 spiro atoms. The van der Waals surface area contributed by atoms with Gasteiger partial charge in [-0.3, -0.25) is 9.36 Å². The van der Waals surface area contributed by atoms with E-state index in [-0.39, 0.29) is 11.5 Å². The van der Waals surface area contributed by atoms with Gasteiger partial charge in [0.05, 0.1) is 12.0 Å². The molecule has 2 aromatic carbocycles. The Hall–Kier alpha value is -3.84. The number of aryl methyl sites for hydroxylation is 3. The van der Waals surface area contributed by atoms with Crippen molar-refractivity contribution in [1.29, 1.82) is 0 Å². The highest BCUT2D eigenvalue weighted by Crippen LogP contribution is 2.30. The zero-order chi connectivity index (χ0) is 24.5. The average molecular weight is 483 g/mol. The van der Waals surface area contributed by atoms with Crippen LogP contribution in [0.1, 0.15) is 32.9 Å². The van der Waals surface area contributed by atoms with Crippen LogP contribution in [-0.2, 0) is 0 Å². The van der Waals surface area contributed by atoms with Gasteiger partial charge in [0.25, 0.3) is 0 Å². The molecule has 3 aromatic heterocycles. The number of Topliss-reactive ketones (excluding diaryl/α,β-unsaturated/α-hetero) is 1. The van der Waals surface area contributed by atoms with Crippen LogP contribution in [0.5, 0.6) is 0 Å². The van der Waals surface area contributed by atoms with Crippen molar-refractivity contribution < 1.29 is 9.21 Å². The van der Waals surface area contributed by atoms with Crippen LogP contribution in [-0.4, -0.2) is 30.9 Å². The Balaban J connectivity index is 1.43. The van der Waals surface area contributed by atoms with Crippen LogP contribution in [0, 0.1) is 27.7 Å². The predicted molar refractivity (Wildman–Crippen MR) is 139 cm³/mol. The van der Waals surface area contributed by atoms with Crippen LogP contribution in [0.4, 0.5) is 0 Å². The fourth-order valence-electron chi connectivity index (χ4n) is 4.25. The van der Waals surface area contributed by atoms with Crippen molar-refractivity contribution in [1.82, 2.24) is 19.3 Å². The summed E-state index contributed by atoms with van der Waals surface area (Å²) in [4.78, 5) is 13.3. The van der Waals surface area contributed by atoms with E-state index in [0.717, 1.165) is 28.3 Å². The van der Waals surface area contributed by atoms with Crippen molar-refractivity contribution in [2.24, 2.45) is 0 Å². The number of hydrogen-bond acceptors (Lipinski definition) is 5. The lowest BCUT2D eigenvalue weighted by molar-refractivity contribution is 0.102. The summed E-state index contributed by atoms with van der Waals surface area (Å²) in [5.74, 6) is 1.53. The fourth-order valence-corrected chi connectivity index (χ4v) is 5.09. The Bertz CT molecular complexity index is 1500. The van der Waals surface area contributed by atoms with Crippen molar-refractivity contribution in [2.45, 2.75) is 32.9 Å². The van der Waals surface area contributed by atoms with Gasteiger partial charge in [-0.15, -0.1) is 10.2 Å². The van der Waals surface area contributed by atoms with E-state index in [1.165, 1.54) is 22.9 Å². The maximum absolute atomic E-state index is 13.3. The minimum atomic E-state index is 0.0559. The number of para-hydroxylation sites is 1. The Labute approximate surface area is 208 Å². The Morgan fingerprint density at radius 3 is 2.37 bits per heavy atom. The highest BCUT2D eigenvalue weighted by Gasteiger charge is 2.21. The van der Waals surface area contributed by atoms with Crippen LogP contribution >= 0.6 is 11.8 Å². The molecule has 0 aliphatic heterocycles. The van der Waals surface area contributed by atoms with E-state index in [0.29, 0.717) is 16.7 Å². The first kappa shape index (κ1) is 22.9. The normalized spacial score (nSPS) is 11.2. The topological polar surface area (TPSA) is 65.8 Å². The molecule has 35 heavy (non-hydrogen) atoms. The second kappa shape index (κ2) is 9.43. The Kier molecular flexibility index (Phi) is 6.17. The zero-order valence-electron chi connectivity index (χ0n) is 20.1. The molecule has 176 valence electrons. The zero-order valence-corrected chi connectivity index (χ0v) is 21.0. The summed E-state index contributed by atoms with van der Waals surface area (Å²) >= 11 is 1.38. The number of benzene rings is 2. The third kappa shape index (κ3) is 4.35. The van der Waals surface area contributed by atoms with E-state index < -0.39 is 0 Å². The van der Waals surface area contributed by atoms with Crippen molar-refractivity contribution in [3.8, 4) is 23.0 Å². The van der Waals surface area contributed by atoms with Crippen molar-refractivity contribution in [3.63, 3.8) is 0 Å². The number of aromatic nitrogens is 4. The summed E-state index contributed by atoms with van der Waals surface area (Å²) in [6, 6.07) is 21.9. The molecule has 0 amide bonds. The molecule has 0 atom stereocenters. The van der Waals surface area contributed by atoms with Crippen LogP contribution in [0.2, 0.25) is 0 Å². The third-order valence-corrected chi connectivity index (χ3v) is 7.13. The SMILES string of the molecule is Cc1ccc(-n2c(C)cc(C(=O)CSc3nnc(-c4ccco4)n3-c3ccccc3)c2C)cc1C. The molecule has 0 N–H and O–H groups in total. The number of hydrogen-bond donors (Lipinski definition) is 0. The van der Waals surface area contributed by atoms with Gasteiger partial charge in [-0.25, -0.2) is 0 Å². The van der Waals surface area contributed by atoms with Gasteiger partial charge in [0.1, 0.15) is 0 Å². The number of rotatable bonds is 7. The molecule has 0 unspecified atom stereocenters. The molecule has 5 aromatic rings. The number of nitrogens with zero attached hydrogens (tertiary/aromatic N) is 4. The number of furan rings is 1. The highest BCUT2D eigenvalue weighted by molar-refractivity contribution is 7.99. The maximum atomic E-state index is 13.3. The van der Waals surface area contributed by atoms with Gasteiger partial charge in [0, 0.05) is 28.3 Å². The highest BCUT2D eigenvalue weighted by atomic mass is 32.2. The number of thioether (sulfide) groups is 1. The van der Waals surface area contributed by atoms with E-state index in [9.17, 15) is 4.79 Å². The quantitative estimate of drug-likeness (QED) is 0.195. The predicted octanol–water partition coefficient (Wildman–Crippen LogP) is 6.53. The molecule has 0 bridgehead atoms. The van der Waals surface area contributed by atoms with Gasteiger partial charge in [0.2, 0.25) is 5.82 Å². The monoisotopic (exact) mass is 482 g/mol. The minimum absolute atomic E-state index is 0.0559. The van der Waals surface area contributed by atoms with Crippen molar-refractivity contribution in [2.75, 3.05) is 5.75 Å². The van der Waals surface area contributed by atoms with Gasteiger partial charge in [-0.05, 0) is 81.3 Å². The number of carbonyl (C=O) groups is 1. The molecule has 0 aliphatic rings. The second-order valence-electron chi connectivity index (χ2n) is 8.56. The third-order valence-electron chi connectivity index (χ3n) is 6.20. The molecule has 0 saturated carbocycles. The van der Waals surface area contributed by atoms with Gasteiger partial charge in [-0.2, -0.15) is 0 Å². The lowest BCUT2D eigenvalue weighted by atomic mass is 10.1. The van der Waals surface area contributed by atoms with E-state index in [2.05, 4.69) is 46.8 Å². The summed E-state index contributed by atoms with van der Waals surface area (Å²) in [5.41, 5.74) is 7.16. The molecule has 5 rings (SSSR count). The molecular formula is C28H26N4O2S. The van der Waals surface area contributed by atoms with Crippen LogP contribution < -0.4 is 0 Å². The van der Waals surface area contributed by atoms with Gasteiger partial charge in [-0.1, -0.05) is 36.0 Å². The summed E-state index contributed by atoms with van der Waals surface area (Å²) in [6.45, 7) is 8.25. The van der Waals surface area contributed by atoms with Crippen LogP contribution in [0.25, 0.3) is 23.0 Å². The summed E-state index contributed by atoms with van der Waals surface area (Å²) < 4.78 is 9.65. The average Bonchev–Trinajstić information content (AvgIpc) is 3.59. The largest absolute Gasteiger partial charge is 0.461 e. The molecule has 0 saturated heterocycles. The molecule has 3 heterocycles. The van der Waals surface area contributed by atoms with E-state index in [1.807, 2.05) is 66.9 Å². The lowest BCUT2D eigenvalue weighted by Crippen LogP contribution is -2.07. The van der Waals surface area contributed by atoms with Gasteiger partial charge in [0.15, 0.2) is 16.7 Å². The molecule has 0 aliphatic carbocycles. The Morgan fingerprint density at radius 2 is 1.66 bits per heavy atom. The van der Waals surface area contributed by atoms with Crippen molar-refractivity contribution >= 4 is 17.5 Å². The molecular weight excluding hydrogens is 456 g/mol. The lowest BCUT2D eigenvalue weighted by Gasteiger charge is -2.12. The summed E-state index contributed by atoms with van der Waals surface area (Å²) in [7, 11) is 0. The number of carbonyl (C=O) groups excluding carboxylic acids is 1. The van der Waals surface area contributed by atoms with Crippen LogP contribution in [0.3, 0.4) is 0 Å². The van der Waals surface area contributed by atoms with E-state index in [1.54, 1.807) is 6.26 Å². The molecule has 7 heteroatoms. The first-order valence-electron chi connectivity index (χ1n) is 11.4. The molecule has 6 nitrogen and oxygen atoms in total.